The van der Waals surface area contributed by atoms with Crippen LogP contribution in [-0.2, 0) is 32.0 Å². The first-order valence-electron chi connectivity index (χ1n) is 11.0. The molecule has 0 saturated heterocycles. The Hall–Kier alpha value is -3.38. The zero-order valence-electron chi connectivity index (χ0n) is 18.4. The molecule has 9 heteroatoms. The van der Waals surface area contributed by atoms with E-state index in [1.165, 1.54) is 23.2 Å². The van der Waals surface area contributed by atoms with Gasteiger partial charge in [-0.2, -0.15) is 5.26 Å². The minimum Gasteiger partial charge on any atom is -0.482 e. The monoisotopic (exact) mass is 467 g/mol. The molecule has 1 N–H and O–H groups in total. The molecule has 172 valence electrons. The van der Waals surface area contributed by atoms with Gasteiger partial charge in [-0.15, -0.1) is 11.3 Å². The zero-order valence-corrected chi connectivity index (χ0v) is 19.2. The number of nitrogens with zero attached hydrogens (tertiary/aromatic N) is 2. The first kappa shape index (κ1) is 22.8. The van der Waals surface area contributed by atoms with E-state index in [4.69, 9.17) is 9.47 Å². The molecule has 1 aliphatic heterocycles. The van der Waals surface area contributed by atoms with Crippen molar-refractivity contribution in [3.63, 3.8) is 0 Å². The zero-order chi connectivity index (χ0) is 23.4. The van der Waals surface area contributed by atoms with E-state index in [2.05, 4.69) is 11.4 Å². The lowest BCUT2D eigenvalue weighted by molar-refractivity contribution is -0.152. The summed E-state index contributed by atoms with van der Waals surface area (Å²) in [6.07, 6.45) is 3.93. The van der Waals surface area contributed by atoms with Crippen LogP contribution in [0.5, 0.6) is 5.75 Å². The number of nitrogens with one attached hydrogen (secondary N) is 1. The maximum Gasteiger partial charge on any atom is 0.308 e. The van der Waals surface area contributed by atoms with Gasteiger partial charge in [0.1, 0.15) is 16.8 Å². The maximum atomic E-state index is 12.6. The second kappa shape index (κ2) is 10.0. The lowest BCUT2D eigenvalue weighted by Crippen LogP contribution is -2.40. The standard InChI is InChI=1S/C24H25N3O5S/c1-15(23(30)26-24-17(13-25)16-7-3-2-4-10-20(16)33-24)32-22(29)11-12-27-18-8-5-6-9-19(18)31-14-21(27)28/h5-6,8-9,15H,2-4,7,10-12,14H2,1H3,(H,26,30). The van der Waals surface area contributed by atoms with Gasteiger partial charge in [0.05, 0.1) is 17.7 Å². The molecule has 2 amide bonds. The molecule has 2 heterocycles. The highest BCUT2D eigenvalue weighted by Crippen LogP contribution is 2.37. The Kier molecular flexibility index (Phi) is 6.94. The van der Waals surface area contributed by atoms with Gasteiger partial charge in [0.15, 0.2) is 12.7 Å². The number of fused-ring (bicyclic) bond motifs is 2. The molecule has 0 bridgehead atoms. The van der Waals surface area contributed by atoms with E-state index in [9.17, 15) is 19.6 Å². The normalized spacial score (nSPS) is 15.9. The molecule has 0 saturated carbocycles. The van der Waals surface area contributed by atoms with Crippen LogP contribution < -0.4 is 15.0 Å². The number of anilines is 2. The first-order valence-corrected chi connectivity index (χ1v) is 11.9. The van der Waals surface area contributed by atoms with Crippen LogP contribution >= 0.6 is 11.3 Å². The average Bonchev–Trinajstić information content (AvgIpc) is 2.96. The summed E-state index contributed by atoms with van der Waals surface area (Å²) in [4.78, 5) is 39.9. The van der Waals surface area contributed by atoms with Crippen LogP contribution in [0.1, 0.15) is 48.6 Å². The van der Waals surface area contributed by atoms with Gasteiger partial charge in [-0.05, 0) is 50.3 Å². The highest BCUT2D eigenvalue weighted by molar-refractivity contribution is 7.16. The Bertz CT molecular complexity index is 1120. The summed E-state index contributed by atoms with van der Waals surface area (Å²) in [5, 5.41) is 12.9. The van der Waals surface area contributed by atoms with Crippen molar-refractivity contribution in [2.24, 2.45) is 0 Å². The van der Waals surface area contributed by atoms with Gasteiger partial charge >= 0.3 is 5.97 Å². The van der Waals surface area contributed by atoms with Crippen LogP contribution in [0.3, 0.4) is 0 Å². The summed E-state index contributed by atoms with van der Waals surface area (Å²) in [6.45, 7) is 1.53. The molecule has 33 heavy (non-hydrogen) atoms. The Labute approximate surface area is 196 Å². The number of aryl methyl sites for hydroxylation is 1. The lowest BCUT2D eigenvalue weighted by atomic mass is 10.1. The summed E-state index contributed by atoms with van der Waals surface area (Å²) >= 11 is 1.44. The van der Waals surface area contributed by atoms with Crippen molar-refractivity contribution in [2.75, 3.05) is 23.4 Å². The molecule has 2 aliphatic rings. The Morgan fingerprint density at radius 1 is 1.27 bits per heavy atom. The van der Waals surface area contributed by atoms with Crippen LogP contribution in [0.2, 0.25) is 0 Å². The van der Waals surface area contributed by atoms with Crippen molar-refractivity contribution in [2.45, 2.75) is 51.6 Å². The Balaban J connectivity index is 1.34. The number of benzene rings is 1. The van der Waals surface area contributed by atoms with Crippen molar-refractivity contribution in [1.29, 1.82) is 5.26 Å². The van der Waals surface area contributed by atoms with Crippen LogP contribution in [0, 0.1) is 11.3 Å². The number of hydrogen-bond acceptors (Lipinski definition) is 7. The number of rotatable bonds is 6. The fourth-order valence-corrected chi connectivity index (χ4v) is 5.32. The van der Waals surface area contributed by atoms with Gasteiger partial charge in [-0.1, -0.05) is 18.6 Å². The second-order valence-electron chi connectivity index (χ2n) is 8.05. The van der Waals surface area contributed by atoms with Gasteiger partial charge in [0.2, 0.25) is 0 Å². The van der Waals surface area contributed by atoms with Crippen molar-refractivity contribution in [1.82, 2.24) is 0 Å². The van der Waals surface area contributed by atoms with Crippen LogP contribution in [0.4, 0.5) is 10.7 Å². The number of carbonyl (C=O) groups is 3. The molecular weight excluding hydrogens is 442 g/mol. The van der Waals surface area contributed by atoms with Crippen molar-refractivity contribution in [3.05, 3.63) is 40.3 Å². The molecule has 1 atom stereocenters. The largest absolute Gasteiger partial charge is 0.482 e. The Morgan fingerprint density at radius 2 is 2.06 bits per heavy atom. The van der Waals surface area contributed by atoms with Crippen molar-refractivity contribution in [3.8, 4) is 11.8 Å². The van der Waals surface area contributed by atoms with E-state index in [1.54, 1.807) is 18.2 Å². The molecular formula is C24H25N3O5S. The third-order valence-electron chi connectivity index (χ3n) is 5.80. The number of carbonyl (C=O) groups excluding carboxylic acids is 3. The van der Waals surface area contributed by atoms with Crippen molar-refractivity contribution >= 4 is 39.8 Å². The molecule has 1 aromatic heterocycles. The number of hydrogen-bond donors (Lipinski definition) is 1. The summed E-state index contributed by atoms with van der Waals surface area (Å²) in [6, 6.07) is 9.34. The topological polar surface area (TPSA) is 109 Å². The maximum absolute atomic E-state index is 12.6. The highest BCUT2D eigenvalue weighted by Gasteiger charge is 2.27. The molecule has 0 spiro atoms. The Morgan fingerprint density at radius 3 is 2.88 bits per heavy atom. The first-order chi connectivity index (χ1) is 16.0. The van der Waals surface area contributed by atoms with E-state index in [0.29, 0.717) is 22.0 Å². The third kappa shape index (κ3) is 5.01. The lowest BCUT2D eigenvalue weighted by Gasteiger charge is -2.29. The number of esters is 1. The van der Waals surface area contributed by atoms with Crippen molar-refractivity contribution < 1.29 is 23.9 Å². The van der Waals surface area contributed by atoms with Gasteiger partial charge in [0, 0.05) is 11.4 Å². The molecule has 1 aromatic carbocycles. The summed E-state index contributed by atoms with van der Waals surface area (Å²) < 4.78 is 10.7. The fourth-order valence-electron chi connectivity index (χ4n) is 4.07. The molecule has 8 nitrogen and oxygen atoms in total. The number of amides is 2. The van der Waals surface area contributed by atoms with Crippen LogP contribution in [0.15, 0.2) is 24.3 Å². The molecule has 0 fully saturated rings. The van der Waals surface area contributed by atoms with E-state index < -0.39 is 18.0 Å². The number of ether oxygens (including phenoxy) is 2. The van der Waals surface area contributed by atoms with Crippen LogP contribution in [0.25, 0.3) is 0 Å². The SMILES string of the molecule is CC(OC(=O)CCN1C(=O)COc2ccccc21)C(=O)Nc1sc2c(c1C#N)CCCCC2. The van der Waals surface area contributed by atoms with Gasteiger partial charge in [-0.3, -0.25) is 14.4 Å². The average molecular weight is 468 g/mol. The third-order valence-corrected chi connectivity index (χ3v) is 7.00. The second-order valence-corrected chi connectivity index (χ2v) is 9.16. The minimum absolute atomic E-state index is 0.0611. The van der Waals surface area contributed by atoms with E-state index >= 15 is 0 Å². The number of nitriles is 1. The predicted molar refractivity (Wildman–Crippen MR) is 123 cm³/mol. The van der Waals surface area contributed by atoms with E-state index in [-0.39, 0.29) is 25.5 Å². The summed E-state index contributed by atoms with van der Waals surface area (Å²) in [7, 11) is 0. The molecule has 4 rings (SSSR count). The van der Waals surface area contributed by atoms with E-state index in [0.717, 1.165) is 42.5 Å². The number of para-hydroxylation sites is 2. The summed E-state index contributed by atoms with van der Waals surface area (Å²) in [5.41, 5.74) is 2.16. The van der Waals surface area contributed by atoms with Gasteiger partial charge in [0.25, 0.3) is 11.8 Å². The fraction of sp³-hybridized carbons (Fsp3) is 0.417. The molecule has 2 aromatic rings. The number of thiophene rings is 1. The molecule has 0 radical (unpaired) electrons. The smallest absolute Gasteiger partial charge is 0.308 e. The predicted octanol–water partition coefficient (Wildman–Crippen LogP) is 3.57. The quantitative estimate of drug-likeness (QED) is 0.514. The molecule has 1 aliphatic carbocycles. The molecule has 1 unspecified atom stereocenters. The van der Waals surface area contributed by atoms with Gasteiger partial charge in [-0.25, -0.2) is 0 Å². The highest BCUT2D eigenvalue weighted by atomic mass is 32.1. The van der Waals surface area contributed by atoms with E-state index in [1.807, 2.05) is 6.07 Å². The summed E-state index contributed by atoms with van der Waals surface area (Å²) in [5.74, 6) is -0.726. The minimum atomic E-state index is -1.03. The van der Waals surface area contributed by atoms with Crippen LogP contribution in [-0.4, -0.2) is 37.0 Å². The van der Waals surface area contributed by atoms with Gasteiger partial charge < -0.3 is 19.7 Å².